The zero-order chi connectivity index (χ0) is 15.5. The number of benzene rings is 2. The molecule has 1 saturated heterocycles. The number of carbonyl (C=O) groups is 2. The number of rotatable bonds is 4. The lowest BCUT2D eigenvalue weighted by Gasteiger charge is -2.15. The lowest BCUT2D eigenvalue weighted by atomic mass is 10.2. The van der Waals surface area contributed by atoms with Crippen LogP contribution in [0.1, 0.15) is 5.56 Å². The van der Waals surface area contributed by atoms with Crippen LogP contribution < -0.4 is 5.32 Å². The molecule has 0 bridgehead atoms. The summed E-state index contributed by atoms with van der Waals surface area (Å²) in [5.41, 5.74) is 1.36. The molecule has 0 radical (unpaired) electrons. The van der Waals surface area contributed by atoms with E-state index in [0.29, 0.717) is 5.69 Å². The molecule has 112 valence electrons. The summed E-state index contributed by atoms with van der Waals surface area (Å²) in [6.45, 7) is 0.243. The van der Waals surface area contributed by atoms with Crippen molar-refractivity contribution < 1.29 is 14.0 Å². The second-order valence-electron chi connectivity index (χ2n) is 4.83. The summed E-state index contributed by atoms with van der Waals surface area (Å²) in [6.07, 6.45) is 0. The lowest BCUT2D eigenvalue weighted by molar-refractivity contribution is -0.126. The van der Waals surface area contributed by atoms with Crippen molar-refractivity contribution in [3.05, 3.63) is 66.0 Å². The van der Waals surface area contributed by atoms with Crippen LogP contribution in [-0.4, -0.2) is 21.4 Å². The number of nitrogens with one attached hydrogen (secondary N) is 1. The Morgan fingerprint density at radius 2 is 1.86 bits per heavy atom. The molecule has 1 unspecified atom stereocenters. The average Bonchev–Trinajstić information content (AvgIpc) is 2.76. The molecule has 2 aromatic carbocycles. The maximum absolute atomic E-state index is 13.2. The molecule has 1 fully saturated rings. The van der Waals surface area contributed by atoms with Crippen LogP contribution in [0, 0.1) is 5.82 Å². The summed E-state index contributed by atoms with van der Waals surface area (Å²) in [5, 5.41) is 1.86. The van der Waals surface area contributed by atoms with Gasteiger partial charge >= 0.3 is 0 Å². The molecule has 1 aliphatic rings. The van der Waals surface area contributed by atoms with Gasteiger partial charge in [0.1, 0.15) is 5.82 Å². The van der Waals surface area contributed by atoms with E-state index in [4.69, 9.17) is 0 Å². The highest BCUT2D eigenvalue weighted by Gasteiger charge is 2.39. The van der Waals surface area contributed by atoms with E-state index >= 15 is 0 Å². The Bertz CT molecular complexity index is 708. The Morgan fingerprint density at radius 3 is 2.59 bits per heavy atom. The van der Waals surface area contributed by atoms with Crippen molar-refractivity contribution in [2.45, 2.75) is 11.9 Å². The largest absolute Gasteiger partial charge is 0.365 e. The van der Waals surface area contributed by atoms with Gasteiger partial charge in [-0.1, -0.05) is 36.4 Å². The molecule has 1 heterocycles. The Labute approximate surface area is 131 Å². The minimum Gasteiger partial charge on any atom is -0.365 e. The van der Waals surface area contributed by atoms with Crippen molar-refractivity contribution in [2.24, 2.45) is 0 Å². The summed E-state index contributed by atoms with van der Waals surface area (Å²) in [4.78, 5) is 25.6. The fourth-order valence-electron chi connectivity index (χ4n) is 2.18. The molecule has 6 heteroatoms. The minimum atomic E-state index is -0.724. The quantitative estimate of drug-likeness (QED) is 0.938. The first-order valence-electron chi connectivity index (χ1n) is 6.71. The van der Waals surface area contributed by atoms with Gasteiger partial charge in [0.15, 0.2) is 5.37 Å². The van der Waals surface area contributed by atoms with Gasteiger partial charge in [0.2, 0.25) is 0 Å². The molecule has 1 atom stereocenters. The van der Waals surface area contributed by atoms with Gasteiger partial charge in [-0.2, -0.15) is 0 Å². The third kappa shape index (κ3) is 3.12. The molecule has 3 rings (SSSR count). The topological polar surface area (TPSA) is 49.4 Å². The summed E-state index contributed by atoms with van der Waals surface area (Å²) >= 11 is 0.906. The Kier molecular flexibility index (Phi) is 4.11. The smallest absolute Gasteiger partial charge is 0.291 e. The summed E-state index contributed by atoms with van der Waals surface area (Å²) in [7, 11) is 0. The van der Waals surface area contributed by atoms with Gasteiger partial charge in [0, 0.05) is 5.69 Å². The second kappa shape index (κ2) is 6.19. The third-order valence-corrected chi connectivity index (χ3v) is 4.21. The lowest BCUT2D eigenvalue weighted by Crippen LogP contribution is -2.33. The van der Waals surface area contributed by atoms with Gasteiger partial charge in [-0.25, -0.2) is 4.39 Å². The first kappa shape index (κ1) is 14.6. The second-order valence-corrected chi connectivity index (χ2v) is 5.88. The van der Waals surface area contributed by atoms with E-state index in [0.717, 1.165) is 17.3 Å². The third-order valence-electron chi connectivity index (χ3n) is 3.24. The van der Waals surface area contributed by atoms with E-state index in [9.17, 15) is 14.0 Å². The maximum atomic E-state index is 13.2. The van der Waals surface area contributed by atoms with Crippen LogP contribution in [0.15, 0.2) is 54.6 Å². The number of amides is 2. The molecular formula is C16H13FN2O2S. The number of hydrogen-bond donors (Lipinski definition) is 1. The maximum Gasteiger partial charge on any atom is 0.291 e. The normalized spacial score (nSPS) is 17.9. The van der Waals surface area contributed by atoms with Gasteiger partial charge in [0.05, 0.1) is 6.54 Å². The predicted molar refractivity (Wildman–Crippen MR) is 83.8 cm³/mol. The highest BCUT2D eigenvalue weighted by atomic mass is 32.2. The van der Waals surface area contributed by atoms with Gasteiger partial charge in [-0.15, -0.1) is 0 Å². The van der Waals surface area contributed by atoms with Crippen LogP contribution in [0.3, 0.4) is 0 Å². The van der Waals surface area contributed by atoms with Crippen LogP contribution >= 0.6 is 11.8 Å². The molecule has 0 aromatic heterocycles. The SMILES string of the molecule is O=C1SC(Nc2cccc(F)c2)C(=O)N1Cc1ccccc1. The van der Waals surface area contributed by atoms with Gasteiger partial charge in [0.25, 0.3) is 11.1 Å². The van der Waals surface area contributed by atoms with Crippen LogP contribution in [0.5, 0.6) is 0 Å². The molecule has 4 nitrogen and oxygen atoms in total. The first-order chi connectivity index (χ1) is 10.6. The van der Waals surface area contributed by atoms with Gasteiger partial charge in [-0.3, -0.25) is 14.5 Å². The average molecular weight is 316 g/mol. The molecule has 22 heavy (non-hydrogen) atoms. The predicted octanol–water partition coefficient (Wildman–Crippen LogP) is 3.46. The highest BCUT2D eigenvalue weighted by Crippen LogP contribution is 2.29. The van der Waals surface area contributed by atoms with Crippen molar-refractivity contribution in [1.82, 2.24) is 4.90 Å². The van der Waals surface area contributed by atoms with E-state index in [-0.39, 0.29) is 17.7 Å². The van der Waals surface area contributed by atoms with E-state index in [1.54, 1.807) is 12.1 Å². The summed E-state index contributed by atoms with van der Waals surface area (Å²) < 4.78 is 13.2. The van der Waals surface area contributed by atoms with E-state index in [1.165, 1.54) is 17.0 Å². The molecule has 1 aliphatic heterocycles. The van der Waals surface area contributed by atoms with Crippen LogP contribution in [0.2, 0.25) is 0 Å². The fourth-order valence-corrected chi connectivity index (χ4v) is 3.08. The first-order valence-corrected chi connectivity index (χ1v) is 7.59. The van der Waals surface area contributed by atoms with Crippen molar-refractivity contribution in [1.29, 1.82) is 0 Å². The number of halogens is 1. The van der Waals surface area contributed by atoms with Crippen molar-refractivity contribution >= 4 is 28.6 Å². The van der Waals surface area contributed by atoms with Crippen LogP contribution in [0.4, 0.5) is 14.9 Å². The zero-order valence-corrected chi connectivity index (χ0v) is 12.3. The van der Waals surface area contributed by atoms with Crippen LogP contribution in [0.25, 0.3) is 0 Å². The van der Waals surface area contributed by atoms with Crippen molar-refractivity contribution in [3.8, 4) is 0 Å². The Morgan fingerprint density at radius 1 is 1.09 bits per heavy atom. The number of nitrogens with zero attached hydrogens (tertiary/aromatic N) is 1. The molecule has 1 N–H and O–H groups in total. The van der Waals surface area contributed by atoms with Crippen LogP contribution in [-0.2, 0) is 11.3 Å². The van der Waals surface area contributed by atoms with E-state index < -0.39 is 11.2 Å². The fraction of sp³-hybridized carbons (Fsp3) is 0.125. The highest BCUT2D eigenvalue weighted by molar-refractivity contribution is 8.15. The summed E-state index contributed by atoms with van der Waals surface area (Å²) in [5.74, 6) is -0.712. The zero-order valence-electron chi connectivity index (χ0n) is 11.5. The summed E-state index contributed by atoms with van der Waals surface area (Å²) in [6, 6.07) is 15.1. The molecule has 2 amide bonds. The minimum absolute atomic E-state index is 0.243. The number of thioether (sulfide) groups is 1. The van der Waals surface area contributed by atoms with Gasteiger partial charge in [-0.05, 0) is 35.5 Å². The van der Waals surface area contributed by atoms with Crippen molar-refractivity contribution in [2.75, 3.05) is 5.32 Å². The number of anilines is 1. The molecule has 0 saturated carbocycles. The number of hydrogen-bond acceptors (Lipinski definition) is 4. The van der Waals surface area contributed by atoms with E-state index in [1.807, 2.05) is 30.3 Å². The standard InChI is InChI=1S/C16H13FN2O2S/c17-12-7-4-8-13(9-12)18-14-15(20)19(16(21)22-14)10-11-5-2-1-3-6-11/h1-9,14,18H,10H2. The van der Waals surface area contributed by atoms with E-state index in [2.05, 4.69) is 5.32 Å². The molecular weight excluding hydrogens is 303 g/mol. The molecule has 0 aliphatic carbocycles. The monoisotopic (exact) mass is 316 g/mol. The molecule has 0 spiro atoms. The number of carbonyl (C=O) groups excluding carboxylic acids is 2. The Balaban J connectivity index is 1.71. The van der Waals surface area contributed by atoms with Crippen molar-refractivity contribution in [3.63, 3.8) is 0 Å². The molecule has 2 aromatic rings. The number of imide groups is 1. The van der Waals surface area contributed by atoms with Gasteiger partial charge < -0.3 is 5.32 Å². The Hall–Kier alpha value is -2.34.